The monoisotopic (exact) mass is 332 g/mol. The Labute approximate surface area is 141 Å². The second-order valence-electron chi connectivity index (χ2n) is 7.19. The standard InChI is InChI=1S/C17H24N4O3/c1-12(14-18-16(19-24-14)17(2,3)4)20-7-9-21(10-8-20)15(22)13-6-5-11-23-13/h5-6,11-12H,7-10H2,1-4H3. The van der Waals surface area contributed by atoms with Gasteiger partial charge in [0.05, 0.1) is 12.3 Å². The number of carbonyl (C=O) groups excluding carboxylic acids is 1. The topological polar surface area (TPSA) is 75.6 Å². The second kappa shape index (κ2) is 6.39. The quantitative estimate of drug-likeness (QED) is 0.859. The molecule has 0 aliphatic carbocycles. The van der Waals surface area contributed by atoms with Crippen molar-refractivity contribution in [3.05, 3.63) is 35.9 Å². The van der Waals surface area contributed by atoms with Gasteiger partial charge in [0.2, 0.25) is 5.89 Å². The lowest BCUT2D eigenvalue weighted by molar-refractivity contribution is 0.0524. The van der Waals surface area contributed by atoms with Crippen LogP contribution in [0.25, 0.3) is 0 Å². The molecule has 2 aromatic rings. The van der Waals surface area contributed by atoms with E-state index in [1.54, 1.807) is 12.1 Å². The molecule has 7 nitrogen and oxygen atoms in total. The Bertz CT molecular complexity index is 679. The van der Waals surface area contributed by atoms with E-state index in [-0.39, 0.29) is 17.4 Å². The van der Waals surface area contributed by atoms with E-state index < -0.39 is 0 Å². The number of furan rings is 1. The Hall–Kier alpha value is -2.15. The molecule has 1 aliphatic heterocycles. The van der Waals surface area contributed by atoms with Gasteiger partial charge >= 0.3 is 0 Å². The molecule has 0 bridgehead atoms. The van der Waals surface area contributed by atoms with Gasteiger partial charge in [0.25, 0.3) is 5.91 Å². The van der Waals surface area contributed by atoms with E-state index in [4.69, 9.17) is 8.94 Å². The molecule has 24 heavy (non-hydrogen) atoms. The summed E-state index contributed by atoms with van der Waals surface area (Å²) < 4.78 is 10.6. The van der Waals surface area contributed by atoms with Gasteiger partial charge in [-0.15, -0.1) is 0 Å². The SMILES string of the molecule is CC(c1nc(C(C)(C)C)no1)N1CCN(C(=O)c2ccco2)CC1. The number of rotatable bonds is 3. The number of aromatic nitrogens is 2. The molecule has 1 aliphatic rings. The number of hydrogen-bond acceptors (Lipinski definition) is 6. The van der Waals surface area contributed by atoms with Gasteiger partial charge in [0, 0.05) is 31.6 Å². The van der Waals surface area contributed by atoms with E-state index >= 15 is 0 Å². The van der Waals surface area contributed by atoms with Crippen LogP contribution in [0.3, 0.4) is 0 Å². The van der Waals surface area contributed by atoms with Gasteiger partial charge < -0.3 is 13.8 Å². The lowest BCUT2D eigenvalue weighted by Crippen LogP contribution is -2.49. The zero-order valence-electron chi connectivity index (χ0n) is 14.7. The zero-order chi connectivity index (χ0) is 17.3. The molecule has 7 heteroatoms. The normalized spacial score (nSPS) is 17.9. The van der Waals surface area contributed by atoms with Crippen molar-refractivity contribution < 1.29 is 13.7 Å². The van der Waals surface area contributed by atoms with Crippen molar-refractivity contribution in [1.29, 1.82) is 0 Å². The van der Waals surface area contributed by atoms with Gasteiger partial charge in [0.15, 0.2) is 11.6 Å². The van der Waals surface area contributed by atoms with E-state index in [2.05, 4.69) is 42.7 Å². The fraction of sp³-hybridized carbons (Fsp3) is 0.588. The number of nitrogens with zero attached hydrogens (tertiary/aromatic N) is 4. The van der Waals surface area contributed by atoms with Gasteiger partial charge in [-0.25, -0.2) is 0 Å². The summed E-state index contributed by atoms with van der Waals surface area (Å²) in [6.45, 7) is 11.1. The van der Waals surface area contributed by atoms with Crippen molar-refractivity contribution >= 4 is 5.91 Å². The van der Waals surface area contributed by atoms with E-state index in [9.17, 15) is 4.79 Å². The van der Waals surface area contributed by atoms with Gasteiger partial charge in [-0.1, -0.05) is 25.9 Å². The average Bonchev–Trinajstić information content (AvgIpc) is 3.24. The maximum Gasteiger partial charge on any atom is 0.289 e. The molecule has 1 unspecified atom stereocenters. The maximum absolute atomic E-state index is 12.3. The van der Waals surface area contributed by atoms with Crippen molar-refractivity contribution in [2.75, 3.05) is 26.2 Å². The summed E-state index contributed by atoms with van der Waals surface area (Å²) in [5.41, 5.74) is -0.129. The Morgan fingerprint density at radius 2 is 1.96 bits per heavy atom. The molecule has 0 aromatic carbocycles. The molecule has 3 heterocycles. The molecule has 0 N–H and O–H groups in total. The van der Waals surface area contributed by atoms with E-state index in [1.807, 2.05) is 4.90 Å². The lowest BCUT2D eigenvalue weighted by Gasteiger charge is -2.36. The van der Waals surface area contributed by atoms with Crippen molar-refractivity contribution in [3.8, 4) is 0 Å². The van der Waals surface area contributed by atoms with Crippen LogP contribution >= 0.6 is 0 Å². The molecule has 1 atom stereocenters. The van der Waals surface area contributed by atoms with Crippen molar-refractivity contribution in [3.63, 3.8) is 0 Å². The highest BCUT2D eigenvalue weighted by atomic mass is 16.5. The van der Waals surface area contributed by atoms with E-state index in [0.717, 1.165) is 18.9 Å². The molecule has 2 aromatic heterocycles. The fourth-order valence-electron chi connectivity index (χ4n) is 2.73. The van der Waals surface area contributed by atoms with Crippen molar-refractivity contribution in [2.24, 2.45) is 0 Å². The minimum absolute atomic E-state index is 0.0365. The van der Waals surface area contributed by atoms with Crippen molar-refractivity contribution in [1.82, 2.24) is 19.9 Å². The second-order valence-corrected chi connectivity index (χ2v) is 7.19. The molecule has 0 radical (unpaired) electrons. The smallest absolute Gasteiger partial charge is 0.289 e. The van der Waals surface area contributed by atoms with Crippen LogP contribution in [0.4, 0.5) is 0 Å². The summed E-state index contributed by atoms with van der Waals surface area (Å²) in [5, 5.41) is 4.09. The van der Waals surface area contributed by atoms with Gasteiger partial charge in [0.1, 0.15) is 0 Å². The predicted molar refractivity (Wildman–Crippen MR) is 87.6 cm³/mol. The molecular formula is C17H24N4O3. The van der Waals surface area contributed by atoms with Crippen LogP contribution in [0.15, 0.2) is 27.3 Å². The predicted octanol–water partition coefficient (Wildman–Crippen LogP) is 2.48. The van der Waals surface area contributed by atoms with E-state index in [1.165, 1.54) is 6.26 Å². The summed E-state index contributed by atoms with van der Waals surface area (Å²) in [6, 6.07) is 3.46. The third-order valence-corrected chi connectivity index (χ3v) is 4.35. The molecule has 3 rings (SSSR count). The Morgan fingerprint density at radius 3 is 2.50 bits per heavy atom. The summed E-state index contributed by atoms with van der Waals surface area (Å²) in [5.74, 6) is 1.69. The van der Waals surface area contributed by atoms with Crippen LogP contribution in [0.2, 0.25) is 0 Å². The Morgan fingerprint density at radius 1 is 1.25 bits per heavy atom. The molecule has 0 saturated carbocycles. The highest BCUT2D eigenvalue weighted by Gasteiger charge is 2.30. The van der Waals surface area contributed by atoms with Crippen LogP contribution in [0, 0.1) is 0 Å². The summed E-state index contributed by atoms with van der Waals surface area (Å²) in [7, 11) is 0. The van der Waals surface area contributed by atoms with E-state index in [0.29, 0.717) is 24.7 Å². The fourth-order valence-corrected chi connectivity index (χ4v) is 2.73. The molecular weight excluding hydrogens is 308 g/mol. The number of piperazine rings is 1. The summed E-state index contributed by atoms with van der Waals surface area (Å²) in [6.07, 6.45) is 1.52. The van der Waals surface area contributed by atoms with Crippen LogP contribution in [-0.4, -0.2) is 52.0 Å². The highest BCUT2D eigenvalue weighted by molar-refractivity contribution is 5.91. The highest BCUT2D eigenvalue weighted by Crippen LogP contribution is 2.24. The minimum atomic E-state index is -0.129. The third-order valence-electron chi connectivity index (χ3n) is 4.35. The van der Waals surface area contributed by atoms with Crippen LogP contribution in [0.1, 0.15) is 56.0 Å². The zero-order valence-corrected chi connectivity index (χ0v) is 14.7. The minimum Gasteiger partial charge on any atom is -0.459 e. The molecule has 1 fully saturated rings. The number of carbonyl (C=O) groups is 1. The van der Waals surface area contributed by atoms with Crippen LogP contribution < -0.4 is 0 Å². The number of amides is 1. The first-order chi connectivity index (χ1) is 11.4. The Kier molecular flexibility index (Phi) is 4.45. The van der Waals surface area contributed by atoms with Crippen LogP contribution in [0.5, 0.6) is 0 Å². The van der Waals surface area contributed by atoms with Gasteiger partial charge in [-0.3, -0.25) is 9.69 Å². The van der Waals surface area contributed by atoms with Gasteiger partial charge in [-0.05, 0) is 19.1 Å². The third kappa shape index (κ3) is 3.36. The summed E-state index contributed by atoms with van der Waals surface area (Å²) >= 11 is 0. The maximum atomic E-state index is 12.3. The lowest BCUT2D eigenvalue weighted by atomic mass is 9.96. The molecule has 1 amide bonds. The Balaban J connectivity index is 1.60. The first kappa shape index (κ1) is 16.7. The largest absolute Gasteiger partial charge is 0.459 e. The molecule has 0 spiro atoms. The molecule has 130 valence electrons. The summed E-state index contributed by atoms with van der Waals surface area (Å²) in [4.78, 5) is 20.9. The molecule has 1 saturated heterocycles. The van der Waals surface area contributed by atoms with Crippen LogP contribution in [-0.2, 0) is 5.41 Å². The average molecular weight is 332 g/mol. The number of hydrogen-bond donors (Lipinski definition) is 0. The first-order valence-electron chi connectivity index (χ1n) is 8.27. The van der Waals surface area contributed by atoms with Gasteiger partial charge in [-0.2, -0.15) is 4.98 Å². The van der Waals surface area contributed by atoms with Crippen molar-refractivity contribution in [2.45, 2.75) is 39.2 Å². The first-order valence-corrected chi connectivity index (χ1v) is 8.27.